The van der Waals surface area contributed by atoms with E-state index in [1.54, 1.807) is 24.3 Å². The predicted molar refractivity (Wildman–Crippen MR) is 149 cm³/mol. The maximum absolute atomic E-state index is 15.6. The second kappa shape index (κ2) is 16.8. The smallest absolute Gasteiger partial charge is 0.283 e. The number of unbranched alkanes of at least 4 members (excludes halogenated alkanes) is 4. The van der Waals surface area contributed by atoms with Crippen molar-refractivity contribution < 1.29 is 36.5 Å². The van der Waals surface area contributed by atoms with Crippen molar-refractivity contribution in [1.29, 1.82) is 0 Å². The fourth-order valence-corrected chi connectivity index (χ4v) is 4.89. The Morgan fingerprint density at radius 1 is 0.725 bits per heavy atom. The average molecular weight is 569 g/mol. The highest BCUT2D eigenvalue weighted by Crippen LogP contribution is 2.51. The lowest BCUT2D eigenvalue weighted by molar-refractivity contribution is -0.0474. The zero-order valence-corrected chi connectivity index (χ0v) is 23.9. The third-order valence-electron chi connectivity index (χ3n) is 7.19. The normalized spacial score (nSPS) is 16.1. The highest BCUT2D eigenvalue weighted by molar-refractivity contribution is 5.45. The van der Waals surface area contributed by atoms with Crippen LogP contribution in [0.15, 0.2) is 30.3 Å². The third-order valence-corrected chi connectivity index (χ3v) is 7.19. The third kappa shape index (κ3) is 9.10. The summed E-state index contributed by atoms with van der Waals surface area (Å²) in [5.74, 6) is -7.46. The van der Waals surface area contributed by atoms with Gasteiger partial charge in [0.05, 0.1) is 24.7 Å². The molecular weight excluding hydrogens is 524 g/mol. The maximum atomic E-state index is 15.6. The van der Waals surface area contributed by atoms with Gasteiger partial charge >= 0.3 is 0 Å². The largest absolute Gasteiger partial charge is 0.494 e. The van der Waals surface area contributed by atoms with E-state index < -0.39 is 29.0 Å². The minimum absolute atomic E-state index is 0.0925. The number of aryl methyl sites for hydroxylation is 1. The van der Waals surface area contributed by atoms with Gasteiger partial charge in [0.25, 0.3) is 5.92 Å². The Morgan fingerprint density at radius 3 is 2.02 bits per heavy atom. The van der Waals surface area contributed by atoms with Gasteiger partial charge in [-0.05, 0) is 67.9 Å². The molecule has 0 bridgehead atoms. The maximum Gasteiger partial charge on any atom is 0.283 e. The van der Waals surface area contributed by atoms with Crippen molar-refractivity contribution in [2.75, 3.05) is 39.6 Å². The van der Waals surface area contributed by atoms with Crippen LogP contribution in [0.25, 0.3) is 0 Å². The molecule has 0 amide bonds. The Morgan fingerprint density at radius 2 is 1.32 bits per heavy atom. The van der Waals surface area contributed by atoms with Gasteiger partial charge in [0.15, 0.2) is 11.6 Å². The van der Waals surface area contributed by atoms with E-state index in [4.69, 9.17) is 18.9 Å². The highest BCUT2D eigenvalue weighted by Gasteiger charge is 2.49. The second-order valence-corrected chi connectivity index (χ2v) is 10.4. The lowest BCUT2D eigenvalue weighted by atomic mass is 9.76. The quantitative estimate of drug-likeness (QED) is 0.125. The molecule has 0 saturated carbocycles. The number of fused-ring (bicyclic) bond motifs is 1. The van der Waals surface area contributed by atoms with Crippen molar-refractivity contribution in [2.24, 2.45) is 0 Å². The first-order chi connectivity index (χ1) is 19.4. The summed E-state index contributed by atoms with van der Waals surface area (Å²) >= 11 is 0. The van der Waals surface area contributed by atoms with Crippen LogP contribution in [0.1, 0.15) is 94.2 Å². The number of benzene rings is 2. The lowest BCUT2D eigenvalue weighted by Crippen LogP contribution is -2.32. The summed E-state index contributed by atoms with van der Waals surface area (Å²) < 4.78 is 83.2. The van der Waals surface area contributed by atoms with Gasteiger partial charge in [-0.15, -0.1) is 0 Å². The highest BCUT2D eigenvalue weighted by atomic mass is 19.3. The Kier molecular flexibility index (Phi) is 13.5. The van der Waals surface area contributed by atoms with Crippen molar-refractivity contribution in [3.8, 4) is 11.5 Å². The summed E-state index contributed by atoms with van der Waals surface area (Å²) in [4.78, 5) is 0. The molecule has 0 radical (unpaired) electrons. The van der Waals surface area contributed by atoms with Gasteiger partial charge in [0.2, 0.25) is 5.82 Å². The van der Waals surface area contributed by atoms with E-state index >= 15 is 13.2 Å². The standard InChI is InChI=1S/C32H44F4O4/c1-3-5-7-18-38-20-10-22-39-26-14-11-24(12-15-26)27-16-13-25-23-28(30(33)31(34)29(25)32(27,35)36)40-21-9-8-19-37-17-6-4-2/h11-12,14-15,23,27H,3-10,13,16-22H2,1-2H3. The summed E-state index contributed by atoms with van der Waals surface area (Å²) in [6, 6.07) is 7.69. The van der Waals surface area contributed by atoms with Crippen LogP contribution >= 0.6 is 0 Å². The molecule has 40 heavy (non-hydrogen) atoms. The number of rotatable bonds is 19. The summed E-state index contributed by atoms with van der Waals surface area (Å²) in [7, 11) is 0. The molecule has 0 spiro atoms. The molecule has 1 aliphatic rings. The van der Waals surface area contributed by atoms with Crippen molar-refractivity contribution >= 4 is 0 Å². The zero-order valence-electron chi connectivity index (χ0n) is 23.9. The molecule has 0 aliphatic heterocycles. The summed E-state index contributed by atoms with van der Waals surface area (Å²) in [5, 5.41) is 0. The SMILES string of the molecule is CCCCCOCCCOc1ccc(C2CCc3cc(OCCCCOCCCC)c(F)c(F)c3C2(F)F)cc1. The summed E-state index contributed by atoms with van der Waals surface area (Å²) in [6.07, 6.45) is 7.76. The number of hydrogen-bond acceptors (Lipinski definition) is 4. The van der Waals surface area contributed by atoms with E-state index in [2.05, 4.69) is 13.8 Å². The monoisotopic (exact) mass is 568 g/mol. The molecule has 2 aromatic carbocycles. The second-order valence-electron chi connectivity index (χ2n) is 10.4. The van der Waals surface area contributed by atoms with E-state index in [9.17, 15) is 4.39 Å². The molecule has 1 aliphatic carbocycles. The fraction of sp³-hybridized carbons (Fsp3) is 0.625. The number of hydrogen-bond donors (Lipinski definition) is 0. The van der Waals surface area contributed by atoms with Gasteiger partial charge in [-0.2, -0.15) is 4.39 Å². The Labute approximate surface area is 236 Å². The average Bonchev–Trinajstić information content (AvgIpc) is 2.94. The number of ether oxygens (including phenoxy) is 4. The zero-order chi connectivity index (χ0) is 28.8. The summed E-state index contributed by atoms with van der Waals surface area (Å²) in [5.41, 5.74) is -0.407. The first-order valence-corrected chi connectivity index (χ1v) is 14.8. The molecule has 1 atom stereocenters. The van der Waals surface area contributed by atoms with Crippen LogP contribution in [0, 0.1) is 11.6 Å². The van der Waals surface area contributed by atoms with Gasteiger partial charge in [-0.3, -0.25) is 0 Å². The number of halogens is 4. The molecule has 0 aromatic heterocycles. The fourth-order valence-electron chi connectivity index (χ4n) is 4.89. The van der Waals surface area contributed by atoms with E-state index in [0.29, 0.717) is 44.2 Å². The van der Waals surface area contributed by atoms with Gasteiger partial charge in [0, 0.05) is 32.8 Å². The van der Waals surface area contributed by atoms with Crippen LogP contribution in [0.4, 0.5) is 17.6 Å². The molecule has 3 rings (SSSR count). The lowest BCUT2D eigenvalue weighted by Gasteiger charge is -2.34. The van der Waals surface area contributed by atoms with Crippen LogP contribution in [-0.2, 0) is 21.8 Å². The Bertz CT molecular complexity index is 1010. The van der Waals surface area contributed by atoms with Crippen molar-refractivity contribution in [3.63, 3.8) is 0 Å². The molecule has 0 N–H and O–H groups in total. The summed E-state index contributed by atoms with van der Waals surface area (Å²) in [6.45, 7) is 7.47. The first kappa shape index (κ1) is 32.2. The predicted octanol–water partition coefficient (Wildman–Crippen LogP) is 8.74. The van der Waals surface area contributed by atoms with Crippen LogP contribution in [0.5, 0.6) is 11.5 Å². The van der Waals surface area contributed by atoms with E-state index in [1.807, 2.05) is 0 Å². The molecule has 0 heterocycles. The molecule has 1 unspecified atom stereocenters. The first-order valence-electron chi connectivity index (χ1n) is 14.8. The van der Waals surface area contributed by atoms with Gasteiger partial charge < -0.3 is 18.9 Å². The minimum atomic E-state index is -3.57. The molecule has 8 heteroatoms. The number of alkyl halides is 2. The van der Waals surface area contributed by atoms with E-state index in [0.717, 1.165) is 51.6 Å². The van der Waals surface area contributed by atoms with Gasteiger partial charge in [0.1, 0.15) is 5.75 Å². The van der Waals surface area contributed by atoms with Crippen molar-refractivity contribution in [3.05, 3.63) is 58.7 Å². The molecular formula is C32H44F4O4. The van der Waals surface area contributed by atoms with Crippen LogP contribution in [0.2, 0.25) is 0 Å². The van der Waals surface area contributed by atoms with Crippen molar-refractivity contribution in [1.82, 2.24) is 0 Å². The van der Waals surface area contributed by atoms with Crippen LogP contribution in [-0.4, -0.2) is 39.6 Å². The minimum Gasteiger partial charge on any atom is -0.494 e. The molecule has 2 aromatic rings. The topological polar surface area (TPSA) is 36.9 Å². The molecule has 4 nitrogen and oxygen atoms in total. The van der Waals surface area contributed by atoms with E-state index in [-0.39, 0.29) is 30.8 Å². The van der Waals surface area contributed by atoms with Crippen LogP contribution < -0.4 is 9.47 Å². The van der Waals surface area contributed by atoms with Gasteiger partial charge in [-0.1, -0.05) is 45.2 Å². The van der Waals surface area contributed by atoms with Crippen molar-refractivity contribution in [2.45, 2.75) is 89.9 Å². The molecule has 0 saturated heterocycles. The Hall–Kier alpha value is -2.32. The van der Waals surface area contributed by atoms with Crippen LogP contribution in [0.3, 0.4) is 0 Å². The van der Waals surface area contributed by atoms with E-state index in [1.165, 1.54) is 6.07 Å². The van der Waals surface area contributed by atoms with Gasteiger partial charge in [-0.25, -0.2) is 13.2 Å². The Balaban J connectivity index is 1.54. The molecule has 224 valence electrons. The molecule has 0 fully saturated rings.